The number of amides is 3. The van der Waals surface area contributed by atoms with Gasteiger partial charge in [-0.05, 0) is 96.3 Å². The monoisotopic (exact) mass is 2020 g/mol. The Hall–Kier alpha value is -4.24. The quantitative estimate of drug-likeness (QED) is 0.0252. The second kappa shape index (κ2) is 87.6. The van der Waals surface area contributed by atoms with Gasteiger partial charge in [0.25, 0.3) is 0 Å². The van der Waals surface area contributed by atoms with Crippen molar-refractivity contribution < 1.29 is 141 Å². The smallest absolute Gasteiger partial charge is 0.407 e. The molecule has 0 spiro atoms. The number of carbonyl (C=O) groups is 8. The maximum absolute atomic E-state index is 14.4. The number of carbonyl (C=O) groups excluding carboxylic acids is 8. The molecule has 826 valence electrons. The number of hydrogen-bond donors (Lipinski definition) is 12. The summed E-state index contributed by atoms with van der Waals surface area (Å²) in [6.45, 7) is 11.2. The van der Waals surface area contributed by atoms with Crippen molar-refractivity contribution in [3.63, 3.8) is 0 Å². The maximum atomic E-state index is 14.4. The first kappa shape index (κ1) is 131. The van der Waals surface area contributed by atoms with E-state index in [-0.39, 0.29) is 165 Å². The average molecular weight is 2020 g/mol. The normalized spacial score (nSPS) is 22.1. The van der Waals surface area contributed by atoms with Crippen LogP contribution in [0, 0.1) is 23.2 Å². The van der Waals surface area contributed by atoms with Gasteiger partial charge in [-0.25, -0.2) is 4.79 Å². The number of aliphatic hydroxyl groups excluding tert-OH is 9. The first-order valence-electron chi connectivity index (χ1n) is 56.1. The van der Waals surface area contributed by atoms with Crippen LogP contribution in [0.3, 0.4) is 0 Å². The predicted molar refractivity (Wildman–Crippen MR) is 543 cm³/mol. The number of aliphatic hydroxyl groups is 9. The Morgan fingerprint density at radius 2 is 0.567 bits per heavy atom. The van der Waals surface area contributed by atoms with Gasteiger partial charge in [0.05, 0.1) is 84.4 Å². The van der Waals surface area contributed by atoms with Crippen LogP contribution in [0.25, 0.3) is 0 Å². The van der Waals surface area contributed by atoms with Crippen molar-refractivity contribution >= 4 is 46.8 Å². The van der Waals surface area contributed by atoms with Crippen LogP contribution in [0.5, 0.6) is 0 Å². The molecule has 3 aliphatic heterocycles. The Morgan fingerprint density at radius 3 is 0.929 bits per heavy atom. The van der Waals surface area contributed by atoms with Crippen LogP contribution in [-0.4, -0.2) is 298 Å². The number of ketones is 5. The van der Waals surface area contributed by atoms with Crippen molar-refractivity contribution in [2.24, 2.45) is 23.2 Å². The summed E-state index contributed by atoms with van der Waals surface area (Å²) in [5.74, 6) is -2.05. The van der Waals surface area contributed by atoms with Crippen LogP contribution in [0.2, 0.25) is 0 Å². The molecule has 3 amide bonds. The van der Waals surface area contributed by atoms with Crippen LogP contribution >= 0.6 is 0 Å². The van der Waals surface area contributed by atoms with Crippen molar-refractivity contribution in [2.75, 3.05) is 125 Å². The first-order valence-corrected chi connectivity index (χ1v) is 56.1. The molecular formula is C109H201N3O29. The van der Waals surface area contributed by atoms with Gasteiger partial charge in [0, 0.05) is 153 Å². The maximum Gasteiger partial charge on any atom is 0.407 e. The lowest BCUT2D eigenvalue weighted by molar-refractivity contribution is -0.282. The zero-order chi connectivity index (χ0) is 103. The molecule has 0 aliphatic carbocycles. The Morgan fingerprint density at radius 1 is 0.284 bits per heavy atom. The van der Waals surface area contributed by atoms with Gasteiger partial charge in [0.15, 0.2) is 18.9 Å². The summed E-state index contributed by atoms with van der Waals surface area (Å²) in [4.78, 5) is 106. The van der Waals surface area contributed by atoms with Gasteiger partial charge in [-0.15, -0.1) is 0 Å². The van der Waals surface area contributed by atoms with Gasteiger partial charge in [0.2, 0.25) is 11.8 Å². The molecule has 16 atom stereocenters. The highest BCUT2D eigenvalue weighted by Crippen LogP contribution is 2.33. The molecule has 0 radical (unpaired) electrons. The summed E-state index contributed by atoms with van der Waals surface area (Å²) in [7, 11) is 0. The fourth-order valence-electron chi connectivity index (χ4n) is 18.2. The van der Waals surface area contributed by atoms with E-state index in [1.165, 1.54) is 180 Å². The summed E-state index contributed by atoms with van der Waals surface area (Å²) < 4.78 is 71.5. The molecule has 32 nitrogen and oxygen atoms in total. The SMILES string of the molecule is CCCCCCCCCCCCCCCCCCOCC(COC(=O)NCCCCCC(=O)CC(COCCC(=O)CCCCCC(=O)CCCCOC1OC(CO)C(O)C(O)C1C)(COCCC(=O)CCCCCC(=O)CCCCOC1OC(CO)C(O)C(O)C1C)COCCC(=O)NCCCNC(=O)CCCCOC1OC(CO)C(O)C(O)C1C)OCCCCCCCCCCCCCCCCCC. The Labute approximate surface area is 848 Å². The topological polar surface area (TPSA) is 465 Å². The van der Waals surface area contributed by atoms with E-state index < -0.39 is 129 Å². The number of alkyl carbamates (subject to hydrolysis) is 1. The van der Waals surface area contributed by atoms with Gasteiger partial charge in [0.1, 0.15) is 78.3 Å². The van der Waals surface area contributed by atoms with Crippen LogP contribution in [0.15, 0.2) is 0 Å². The molecule has 12 N–H and O–H groups in total. The molecule has 32 heteroatoms. The van der Waals surface area contributed by atoms with E-state index >= 15 is 0 Å². The lowest BCUT2D eigenvalue weighted by atomic mass is 9.84. The van der Waals surface area contributed by atoms with Gasteiger partial charge in [-0.2, -0.15) is 0 Å². The van der Waals surface area contributed by atoms with Gasteiger partial charge < -0.3 is 119 Å². The summed E-state index contributed by atoms with van der Waals surface area (Å²) in [5, 5.41) is 98.9. The molecule has 0 bridgehead atoms. The average Bonchev–Trinajstić information content (AvgIpc) is 0.823. The molecule has 0 aromatic heterocycles. The Kier molecular flexibility index (Phi) is 81.3. The summed E-state index contributed by atoms with van der Waals surface area (Å²) >= 11 is 0. The molecule has 3 heterocycles. The van der Waals surface area contributed by atoms with E-state index in [2.05, 4.69) is 29.8 Å². The third-order valence-electron chi connectivity index (χ3n) is 27.6. The van der Waals surface area contributed by atoms with Crippen molar-refractivity contribution in [3.8, 4) is 0 Å². The van der Waals surface area contributed by atoms with Crippen molar-refractivity contribution in [3.05, 3.63) is 0 Å². The van der Waals surface area contributed by atoms with Crippen LogP contribution < -0.4 is 16.0 Å². The zero-order valence-corrected chi connectivity index (χ0v) is 88.3. The van der Waals surface area contributed by atoms with E-state index in [1.807, 2.05) is 0 Å². The molecular weight excluding hydrogens is 1820 g/mol. The van der Waals surface area contributed by atoms with E-state index in [0.717, 1.165) is 25.7 Å². The largest absolute Gasteiger partial charge is 0.447 e. The third-order valence-corrected chi connectivity index (χ3v) is 27.6. The molecule has 3 fully saturated rings. The molecule has 0 aromatic rings. The highest BCUT2D eigenvalue weighted by atomic mass is 16.7. The molecule has 3 saturated heterocycles. The standard InChI is InChI=1S/C109H201N3O29/c1-6-8-10-12-14-16-18-20-22-24-26-28-30-32-34-48-68-130-80-93(134-69-49-35-33-31-29-27-25-23-21-19-17-15-13-11-9-7-2)81-138-108(129)112-65-47-38-43-60-92(120)76-109(82-131-73-62-90(118)56-41-36-39-54-88(116)58-44-50-70-135-105-85(3)99(123)102(126)94(77-113)139-105,83-132-74-63-91(119)57-42-37-40-55-89(117)59-45-51-71-136-106-86(4)100(124)103(127)95(78-114)140-106)84-133-75-64-98(122)111-67-53-66-110-97(121)61-46-52-72-137-107-87(5)101(125)104(128)96(79-115)141-107/h85-87,93-96,99-107,113-115,123-128H,6-84H2,1-5H3,(H,110,121)(H,111,122)(H,112,129). The van der Waals surface area contributed by atoms with Crippen LogP contribution in [0.4, 0.5) is 4.79 Å². The summed E-state index contributed by atoms with van der Waals surface area (Å²) in [5.41, 5.74) is -1.14. The molecule has 0 aromatic carbocycles. The van der Waals surface area contributed by atoms with Gasteiger partial charge >= 0.3 is 6.09 Å². The minimum atomic E-state index is -1.23. The molecule has 16 unspecified atom stereocenters. The van der Waals surface area contributed by atoms with Crippen LogP contribution in [-0.2, 0) is 90.4 Å². The number of rotatable bonds is 99. The summed E-state index contributed by atoms with van der Waals surface area (Å²) in [6.07, 6.45) is 39.4. The number of hydrogen-bond acceptors (Lipinski definition) is 29. The van der Waals surface area contributed by atoms with E-state index in [9.17, 15) is 84.3 Å². The number of nitrogens with one attached hydrogen (secondary N) is 3. The lowest BCUT2D eigenvalue weighted by Gasteiger charge is -2.40. The molecule has 3 rings (SSSR count). The lowest BCUT2D eigenvalue weighted by Crippen LogP contribution is -2.55. The van der Waals surface area contributed by atoms with E-state index in [0.29, 0.717) is 161 Å². The highest BCUT2D eigenvalue weighted by Gasteiger charge is 2.45. The third kappa shape index (κ3) is 66.1. The van der Waals surface area contributed by atoms with E-state index in [4.69, 9.17) is 56.8 Å². The minimum absolute atomic E-state index is 0.0184. The Bertz CT molecular complexity index is 2860. The van der Waals surface area contributed by atoms with Crippen molar-refractivity contribution in [2.45, 2.75) is 500 Å². The first-order chi connectivity index (χ1) is 68.4. The fraction of sp³-hybridized carbons (Fsp3) is 0.927. The second-order valence-electron chi connectivity index (χ2n) is 40.6. The van der Waals surface area contributed by atoms with Crippen LogP contribution in [0.1, 0.15) is 420 Å². The molecule has 141 heavy (non-hydrogen) atoms. The number of unbranched alkanes of at least 4 members (excludes halogenated alkanes) is 39. The predicted octanol–water partition coefficient (Wildman–Crippen LogP) is 15.9. The highest BCUT2D eigenvalue weighted by molar-refractivity contribution is 5.80. The fourth-order valence-corrected chi connectivity index (χ4v) is 18.2. The molecule has 0 saturated carbocycles. The van der Waals surface area contributed by atoms with Crippen molar-refractivity contribution in [1.29, 1.82) is 0 Å². The van der Waals surface area contributed by atoms with Gasteiger partial charge in [-0.1, -0.05) is 247 Å². The number of ether oxygens (including phenoxy) is 12. The number of Topliss-reactive ketones (excluding diaryl/α,β-unsaturated/α-hetero) is 5. The Balaban J connectivity index is 1.63. The zero-order valence-electron chi connectivity index (χ0n) is 88.3. The second-order valence-corrected chi connectivity index (χ2v) is 40.6. The summed E-state index contributed by atoms with van der Waals surface area (Å²) in [6, 6.07) is 0. The van der Waals surface area contributed by atoms with Gasteiger partial charge in [-0.3, -0.25) is 33.6 Å². The van der Waals surface area contributed by atoms with E-state index in [1.54, 1.807) is 20.8 Å². The minimum Gasteiger partial charge on any atom is -0.447 e. The van der Waals surface area contributed by atoms with Crippen molar-refractivity contribution in [1.82, 2.24) is 16.0 Å². The molecule has 3 aliphatic rings.